The van der Waals surface area contributed by atoms with Crippen molar-refractivity contribution in [3.05, 3.63) is 23.8 Å². The summed E-state index contributed by atoms with van der Waals surface area (Å²) in [6, 6.07) is 0. The summed E-state index contributed by atoms with van der Waals surface area (Å²) in [5.74, 6) is 9.92. The van der Waals surface area contributed by atoms with E-state index in [-0.39, 0.29) is 25.1 Å². The summed E-state index contributed by atoms with van der Waals surface area (Å²) >= 11 is 5.35. The highest BCUT2D eigenvalue weighted by molar-refractivity contribution is 6.61. The number of alkyl carbamates (subject to hydrolysis) is 2. The highest BCUT2D eigenvalue weighted by Crippen LogP contribution is 2.31. The number of hydrogen-bond donors (Lipinski definition) is 2. The van der Waals surface area contributed by atoms with Crippen molar-refractivity contribution in [2.24, 2.45) is 0 Å². The molecule has 0 aromatic rings. The molecule has 0 aromatic carbocycles. The van der Waals surface area contributed by atoms with Crippen LogP contribution in [0.25, 0.3) is 0 Å². The molecule has 2 unspecified atom stereocenters. The van der Waals surface area contributed by atoms with Crippen LogP contribution in [0.2, 0.25) is 0 Å². The first kappa shape index (κ1) is 24.8. The predicted octanol–water partition coefficient (Wildman–Crippen LogP) is 2.59. The summed E-state index contributed by atoms with van der Waals surface area (Å²) in [5.41, 5.74) is -3.55. The number of ketones is 1. The maximum atomic E-state index is 13.1. The van der Waals surface area contributed by atoms with Crippen molar-refractivity contribution in [3.63, 3.8) is 0 Å². The molecule has 2 aliphatic carbocycles. The molecule has 0 fully saturated rings. The van der Waals surface area contributed by atoms with Crippen molar-refractivity contribution < 1.29 is 33.4 Å². The average molecular weight is 463 g/mol. The molecule has 10 heteroatoms. The third-order valence-corrected chi connectivity index (χ3v) is 4.13. The van der Waals surface area contributed by atoms with Crippen LogP contribution in [0.15, 0.2) is 23.8 Å². The fraction of sp³-hybridized carbons (Fsp3) is 0.455. The molecule has 2 amide bonds. The van der Waals surface area contributed by atoms with Crippen molar-refractivity contribution in [3.8, 4) is 23.7 Å². The summed E-state index contributed by atoms with van der Waals surface area (Å²) < 4.78 is 15.4. The minimum atomic E-state index is -1.78. The number of allylic oxidation sites excluding steroid dienone is 3. The Morgan fingerprint density at radius 2 is 1.81 bits per heavy atom. The van der Waals surface area contributed by atoms with Crippen LogP contribution in [0.4, 0.5) is 14.4 Å². The quantitative estimate of drug-likeness (QED) is 0.279. The van der Waals surface area contributed by atoms with Crippen LogP contribution in [-0.2, 0) is 19.0 Å². The van der Waals surface area contributed by atoms with Crippen LogP contribution >= 0.6 is 11.6 Å². The molecule has 0 spiro atoms. The molecule has 2 bridgehead atoms. The summed E-state index contributed by atoms with van der Waals surface area (Å²) in [6.07, 6.45) is 2.08. The lowest BCUT2D eigenvalue weighted by atomic mass is 9.81. The maximum absolute atomic E-state index is 13.1. The Morgan fingerprint density at radius 3 is 2.47 bits per heavy atom. The summed E-state index contributed by atoms with van der Waals surface area (Å²) in [6.45, 7) is 5.33. The molecule has 170 valence electrons. The molecule has 0 saturated heterocycles. The molecule has 32 heavy (non-hydrogen) atoms. The molecule has 2 rings (SSSR count). The first-order chi connectivity index (χ1) is 15.0. The summed E-state index contributed by atoms with van der Waals surface area (Å²) in [7, 11) is 0. The minimum absolute atomic E-state index is 0.0355. The van der Waals surface area contributed by atoms with Gasteiger partial charge < -0.3 is 24.8 Å². The lowest BCUT2D eigenvalue weighted by molar-refractivity contribution is -0.129. The van der Waals surface area contributed by atoms with Crippen molar-refractivity contribution in [2.45, 2.75) is 50.9 Å². The van der Waals surface area contributed by atoms with Gasteiger partial charge in [-0.25, -0.2) is 14.4 Å². The average Bonchev–Trinajstić information content (AvgIpc) is 2.66. The van der Waals surface area contributed by atoms with Gasteiger partial charge in [-0.15, -0.1) is 0 Å². The van der Waals surface area contributed by atoms with Crippen LogP contribution < -0.4 is 10.6 Å². The largest absolute Gasteiger partial charge is 0.444 e. The van der Waals surface area contributed by atoms with E-state index in [1.54, 1.807) is 26.8 Å². The van der Waals surface area contributed by atoms with Crippen LogP contribution in [0.3, 0.4) is 0 Å². The second kappa shape index (κ2) is 10.7. The Morgan fingerprint density at radius 1 is 1.16 bits per heavy atom. The van der Waals surface area contributed by atoms with Crippen LogP contribution in [-0.4, -0.2) is 53.8 Å². The van der Waals surface area contributed by atoms with Gasteiger partial charge in [0.1, 0.15) is 5.60 Å². The molecule has 0 aliphatic heterocycles. The maximum Gasteiger partial charge on any atom is 0.408 e. The fourth-order valence-electron chi connectivity index (χ4n) is 2.80. The van der Waals surface area contributed by atoms with Gasteiger partial charge in [0, 0.05) is 36.7 Å². The first-order valence-electron chi connectivity index (χ1n) is 9.76. The van der Waals surface area contributed by atoms with Crippen molar-refractivity contribution in [2.75, 3.05) is 13.1 Å². The van der Waals surface area contributed by atoms with E-state index in [0.717, 1.165) is 0 Å². The molecular weight excluding hydrogens is 440 g/mol. The van der Waals surface area contributed by atoms with Gasteiger partial charge in [0.25, 0.3) is 0 Å². The molecule has 2 atom stereocenters. The van der Waals surface area contributed by atoms with Gasteiger partial charge in [-0.3, -0.25) is 4.79 Å². The van der Waals surface area contributed by atoms with Gasteiger partial charge in [-0.2, -0.15) is 0 Å². The highest BCUT2D eigenvalue weighted by atomic mass is 35.5. The number of fused-ring (bicyclic) bond motifs is 2. The standard InChI is InChI=1S/C22H23ClN2O7/c1-21(2,3)32-20(29)25-14-13-24-19(28)30-16-10-6-4-5-7-11-22(31-18(23)27)12-8-9-15(16)17(22)26/h4-5,9,16H,8,12-14H2,1-3H3,(H,24,28)(H,25,29). The minimum Gasteiger partial charge on any atom is -0.444 e. The topological polar surface area (TPSA) is 120 Å². The monoisotopic (exact) mass is 462 g/mol. The molecule has 0 saturated carbocycles. The van der Waals surface area contributed by atoms with E-state index in [1.807, 2.05) is 0 Å². The zero-order chi connectivity index (χ0) is 23.8. The summed E-state index contributed by atoms with van der Waals surface area (Å²) in [5, 5.41) is 4.94. The smallest absolute Gasteiger partial charge is 0.408 e. The van der Waals surface area contributed by atoms with Gasteiger partial charge in [0.2, 0.25) is 11.4 Å². The highest BCUT2D eigenvalue weighted by Gasteiger charge is 2.46. The number of rotatable bonds is 5. The van der Waals surface area contributed by atoms with Crippen molar-refractivity contribution >= 4 is 35.0 Å². The third kappa shape index (κ3) is 7.36. The molecular formula is C22H23ClN2O7. The molecule has 2 aliphatic rings. The molecule has 9 nitrogen and oxygen atoms in total. The third-order valence-electron chi connectivity index (χ3n) is 4.05. The van der Waals surface area contributed by atoms with Gasteiger partial charge in [-0.1, -0.05) is 17.9 Å². The van der Waals surface area contributed by atoms with Crippen LogP contribution in [0, 0.1) is 23.7 Å². The predicted molar refractivity (Wildman–Crippen MR) is 115 cm³/mol. The fourth-order valence-corrected chi connectivity index (χ4v) is 2.94. The van der Waals surface area contributed by atoms with Gasteiger partial charge in [0.05, 0.1) is 0 Å². The number of hydrogen-bond acceptors (Lipinski definition) is 7. The first-order valence-corrected chi connectivity index (χ1v) is 10.1. The van der Waals surface area contributed by atoms with Crippen LogP contribution in [0.1, 0.15) is 33.6 Å². The Hall–Kier alpha value is -3.43. The van der Waals surface area contributed by atoms with Gasteiger partial charge >= 0.3 is 17.6 Å². The van der Waals surface area contributed by atoms with E-state index in [4.69, 9.17) is 25.8 Å². The Kier molecular flexibility index (Phi) is 8.34. The van der Waals surface area contributed by atoms with E-state index in [9.17, 15) is 19.2 Å². The van der Waals surface area contributed by atoms with E-state index in [2.05, 4.69) is 34.3 Å². The number of nitrogens with one attached hydrogen (secondary N) is 2. The molecule has 0 radical (unpaired) electrons. The SMILES string of the molecule is CC(C)(C)OC(=O)NCCNC(=O)OC1C#CC=CC#CC2(OC(=O)Cl)CCC=C1C2=O. The van der Waals surface area contributed by atoms with E-state index in [1.165, 1.54) is 12.2 Å². The molecule has 0 heterocycles. The second-order valence-electron chi connectivity index (χ2n) is 7.73. The zero-order valence-corrected chi connectivity index (χ0v) is 18.6. The number of halogens is 1. The normalized spacial score (nSPS) is 21.4. The molecule has 0 aromatic heterocycles. The second-order valence-corrected chi connectivity index (χ2v) is 8.03. The Labute approximate surface area is 190 Å². The van der Waals surface area contributed by atoms with Crippen molar-refractivity contribution in [1.82, 2.24) is 10.6 Å². The zero-order valence-electron chi connectivity index (χ0n) is 17.9. The number of amides is 2. The number of carbonyl (C=O) groups excluding carboxylic acids is 4. The number of carbonyl (C=O) groups is 4. The van der Waals surface area contributed by atoms with Gasteiger partial charge in [-0.05, 0) is 51.2 Å². The van der Waals surface area contributed by atoms with E-state index < -0.39 is 40.7 Å². The Balaban J connectivity index is 2.03. The van der Waals surface area contributed by atoms with E-state index >= 15 is 0 Å². The lowest BCUT2D eigenvalue weighted by Crippen LogP contribution is -2.47. The van der Waals surface area contributed by atoms with Gasteiger partial charge in [0.15, 0.2) is 6.10 Å². The molecule has 2 N–H and O–H groups in total. The number of Topliss-reactive ketones (excluding diaryl/α,β-unsaturated/α-hetero) is 1. The van der Waals surface area contributed by atoms with Crippen molar-refractivity contribution in [1.29, 1.82) is 0 Å². The lowest BCUT2D eigenvalue weighted by Gasteiger charge is -2.31. The van der Waals surface area contributed by atoms with E-state index in [0.29, 0.717) is 6.42 Å². The van der Waals surface area contributed by atoms with Crippen LogP contribution in [0.5, 0.6) is 0 Å². The Bertz CT molecular complexity index is 972. The number of ether oxygens (including phenoxy) is 3. The summed E-state index contributed by atoms with van der Waals surface area (Å²) in [4.78, 5) is 48.3.